The summed E-state index contributed by atoms with van der Waals surface area (Å²) in [5.74, 6) is 0.489. The predicted octanol–water partition coefficient (Wildman–Crippen LogP) is 2.88. The van der Waals surface area contributed by atoms with Crippen LogP contribution in [-0.4, -0.2) is 34.6 Å². The Labute approximate surface area is 123 Å². The molecule has 2 aromatic rings. The molecular formula is C16H18N2O3. The van der Waals surface area contributed by atoms with Crippen molar-refractivity contribution in [3.63, 3.8) is 0 Å². The van der Waals surface area contributed by atoms with E-state index in [1.807, 2.05) is 37.4 Å². The topological polar surface area (TPSA) is 66.6 Å². The molecule has 1 heterocycles. The number of carbonyl (C=O) groups is 1. The molecule has 21 heavy (non-hydrogen) atoms. The molecule has 1 aromatic heterocycles. The Hall–Kier alpha value is -2.14. The lowest BCUT2D eigenvalue weighted by Gasteiger charge is -2.14. The summed E-state index contributed by atoms with van der Waals surface area (Å²) in [7, 11) is 1.98. The van der Waals surface area contributed by atoms with Crippen LogP contribution in [0.5, 0.6) is 0 Å². The Balaban J connectivity index is 1.84. The van der Waals surface area contributed by atoms with Crippen LogP contribution in [0.2, 0.25) is 0 Å². The third-order valence-corrected chi connectivity index (χ3v) is 3.60. The van der Waals surface area contributed by atoms with E-state index in [-0.39, 0.29) is 5.69 Å². The van der Waals surface area contributed by atoms with Gasteiger partial charge in [-0.3, -0.25) is 4.90 Å². The molecule has 1 aliphatic carbocycles. The van der Waals surface area contributed by atoms with Crippen molar-refractivity contribution in [2.75, 3.05) is 13.6 Å². The molecule has 0 saturated heterocycles. The molecule has 5 heteroatoms. The van der Waals surface area contributed by atoms with Gasteiger partial charge in [0.05, 0.1) is 6.54 Å². The van der Waals surface area contributed by atoms with E-state index in [9.17, 15) is 9.90 Å². The first kappa shape index (κ1) is 13.8. The molecule has 0 unspecified atom stereocenters. The van der Waals surface area contributed by atoms with Gasteiger partial charge in [-0.15, -0.1) is 0 Å². The van der Waals surface area contributed by atoms with Gasteiger partial charge < -0.3 is 9.52 Å². The van der Waals surface area contributed by atoms with Crippen LogP contribution in [-0.2, 0) is 6.54 Å². The second-order valence-corrected chi connectivity index (χ2v) is 5.60. The minimum Gasteiger partial charge on any atom is -0.476 e. The molecule has 0 bridgehead atoms. The fourth-order valence-corrected chi connectivity index (χ4v) is 2.38. The van der Waals surface area contributed by atoms with E-state index < -0.39 is 5.97 Å². The summed E-state index contributed by atoms with van der Waals surface area (Å²) in [6, 6.07) is 9.36. The van der Waals surface area contributed by atoms with Crippen molar-refractivity contribution in [3.05, 3.63) is 41.8 Å². The zero-order valence-corrected chi connectivity index (χ0v) is 12.0. The number of hydrogen-bond donors (Lipinski definition) is 1. The van der Waals surface area contributed by atoms with E-state index in [2.05, 4.69) is 9.88 Å². The molecule has 0 amide bonds. The van der Waals surface area contributed by atoms with Gasteiger partial charge in [-0.2, -0.15) is 0 Å². The molecule has 1 aromatic carbocycles. The average molecular weight is 286 g/mol. The van der Waals surface area contributed by atoms with E-state index in [1.54, 1.807) is 0 Å². The number of oxazole rings is 1. The first-order valence-electron chi connectivity index (χ1n) is 7.10. The molecule has 1 aliphatic rings. The largest absolute Gasteiger partial charge is 0.476 e. The number of hydrogen-bond acceptors (Lipinski definition) is 4. The third-order valence-electron chi connectivity index (χ3n) is 3.60. The number of rotatable bonds is 6. The van der Waals surface area contributed by atoms with Crippen molar-refractivity contribution < 1.29 is 14.3 Å². The SMILES string of the molecule is CN(Cc1oc(-c2ccccc2)nc1C(=O)O)CC1CC1. The lowest BCUT2D eigenvalue weighted by Crippen LogP contribution is -2.21. The molecule has 1 fully saturated rings. The Morgan fingerprint density at radius 2 is 2.10 bits per heavy atom. The maximum absolute atomic E-state index is 11.3. The van der Waals surface area contributed by atoms with Crippen LogP contribution in [0.1, 0.15) is 29.1 Å². The highest BCUT2D eigenvalue weighted by atomic mass is 16.4. The van der Waals surface area contributed by atoms with Gasteiger partial charge in [0.1, 0.15) is 0 Å². The molecule has 1 saturated carbocycles. The highest BCUT2D eigenvalue weighted by molar-refractivity contribution is 5.87. The van der Waals surface area contributed by atoms with Gasteiger partial charge in [0.25, 0.3) is 0 Å². The Morgan fingerprint density at radius 3 is 2.71 bits per heavy atom. The molecule has 0 atom stereocenters. The minimum atomic E-state index is -1.05. The summed E-state index contributed by atoms with van der Waals surface area (Å²) in [4.78, 5) is 17.6. The van der Waals surface area contributed by atoms with Gasteiger partial charge in [0.2, 0.25) is 5.89 Å². The van der Waals surface area contributed by atoms with Gasteiger partial charge in [0, 0.05) is 12.1 Å². The van der Waals surface area contributed by atoms with Crippen LogP contribution in [0.4, 0.5) is 0 Å². The molecule has 0 spiro atoms. The summed E-state index contributed by atoms with van der Waals surface area (Å²) in [5, 5.41) is 9.29. The summed E-state index contributed by atoms with van der Waals surface area (Å²) < 4.78 is 5.70. The third kappa shape index (κ3) is 3.31. The smallest absolute Gasteiger partial charge is 0.358 e. The van der Waals surface area contributed by atoms with Gasteiger partial charge in [-0.1, -0.05) is 18.2 Å². The van der Waals surface area contributed by atoms with Crippen molar-refractivity contribution in [3.8, 4) is 11.5 Å². The van der Waals surface area contributed by atoms with Crippen molar-refractivity contribution in [1.29, 1.82) is 0 Å². The molecular weight excluding hydrogens is 268 g/mol. The normalized spacial score (nSPS) is 14.6. The van der Waals surface area contributed by atoms with Gasteiger partial charge in [0.15, 0.2) is 11.5 Å². The van der Waals surface area contributed by atoms with Crippen molar-refractivity contribution in [2.45, 2.75) is 19.4 Å². The van der Waals surface area contributed by atoms with Crippen LogP contribution in [0, 0.1) is 5.92 Å². The van der Waals surface area contributed by atoms with E-state index in [1.165, 1.54) is 12.8 Å². The second kappa shape index (κ2) is 5.69. The number of carboxylic acid groups (broad SMARTS) is 1. The highest BCUT2D eigenvalue weighted by Gasteiger charge is 2.25. The summed E-state index contributed by atoms with van der Waals surface area (Å²) in [6.45, 7) is 1.44. The molecule has 0 aliphatic heterocycles. The fourth-order valence-electron chi connectivity index (χ4n) is 2.38. The quantitative estimate of drug-likeness (QED) is 0.884. The molecule has 1 N–H and O–H groups in total. The van der Waals surface area contributed by atoms with Gasteiger partial charge in [-0.25, -0.2) is 9.78 Å². The van der Waals surface area contributed by atoms with Crippen molar-refractivity contribution >= 4 is 5.97 Å². The Kier molecular flexibility index (Phi) is 3.75. The van der Waals surface area contributed by atoms with E-state index in [0.29, 0.717) is 18.2 Å². The van der Waals surface area contributed by atoms with E-state index >= 15 is 0 Å². The average Bonchev–Trinajstić information content (AvgIpc) is 3.16. The van der Waals surface area contributed by atoms with Crippen molar-refractivity contribution in [2.24, 2.45) is 5.92 Å². The van der Waals surface area contributed by atoms with Crippen LogP contribution in [0.3, 0.4) is 0 Å². The number of aromatic nitrogens is 1. The summed E-state index contributed by atoms with van der Waals surface area (Å²) in [5.41, 5.74) is 0.799. The zero-order chi connectivity index (χ0) is 14.8. The predicted molar refractivity (Wildman–Crippen MR) is 78.0 cm³/mol. The Bertz CT molecular complexity index is 632. The molecule has 5 nitrogen and oxygen atoms in total. The maximum Gasteiger partial charge on any atom is 0.358 e. The lowest BCUT2D eigenvalue weighted by molar-refractivity contribution is 0.0687. The number of aromatic carboxylic acids is 1. The molecule has 0 radical (unpaired) electrons. The monoisotopic (exact) mass is 286 g/mol. The Morgan fingerprint density at radius 1 is 1.38 bits per heavy atom. The first-order chi connectivity index (χ1) is 10.1. The number of nitrogens with zero attached hydrogens (tertiary/aromatic N) is 2. The second-order valence-electron chi connectivity index (χ2n) is 5.60. The molecule has 3 rings (SSSR count). The maximum atomic E-state index is 11.3. The minimum absolute atomic E-state index is 0.0106. The summed E-state index contributed by atoms with van der Waals surface area (Å²) in [6.07, 6.45) is 2.53. The van der Waals surface area contributed by atoms with Crippen molar-refractivity contribution in [1.82, 2.24) is 9.88 Å². The van der Waals surface area contributed by atoms with Crippen LogP contribution < -0.4 is 0 Å². The van der Waals surface area contributed by atoms with E-state index in [0.717, 1.165) is 18.0 Å². The fraction of sp³-hybridized carbons (Fsp3) is 0.375. The standard InChI is InChI=1S/C16H18N2O3/c1-18(9-11-7-8-11)10-13-14(16(19)20)17-15(21-13)12-5-3-2-4-6-12/h2-6,11H,7-10H2,1H3,(H,19,20). The highest BCUT2D eigenvalue weighted by Crippen LogP contribution is 2.30. The lowest BCUT2D eigenvalue weighted by atomic mass is 10.2. The first-order valence-corrected chi connectivity index (χ1v) is 7.10. The summed E-state index contributed by atoms with van der Waals surface area (Å²) >= 11 is 0. The van der Waals surface area contributed by atoms with Gasteiger partial charge in [-0.05, 0) is 37.9 Å². The van der Waals surface area contributed by atoms with Crippen LogP contribution in [0.25, 0.3) is 11.5 Å². The van der Waals surface area contributed by atoms with E-state index in [4.69, 9.17) is 4.42 Å². The number of benzene rings is 1. The van der Waals surface area contributed by atoms with Crippen LogP contribution >= 0.6 is 0 Å². The van der Waals surface area contributed by atoms with Gasteiger partial charge >= 0.3 is 5.97 Å². The zero-order valence-electron chi connectivity index (χ0n) is 12.0. The molecule has 110 valence electrons. The van der Waals surface area contributed by atoms with Crippen LogP contribution in [0.15, 0.2) is 34.7 Å². The number of carboxylic acids is 1.